The molecule has 78 valence electrons. The van der Waals surface area contributed by atoms with Crippen LogP contribution >= 0.6 is 0 Å². The summed E-state index contributed by atoms with van der Waals surface area (Å²) in [6.07, 6.45) is 0.777. The Labute approximate surface area is 88.8 Å². The maximum absolute atomic E-state index is 5.57. The fourth-order valence-electron chi connectivity index (χ4n) is 1.56. The summed E-state index contributed by atoms with van der Waals surface area (Å²) in [4.78, 5) is 4.21. The molecule has 15 heavy (non-hydrogen) atoms. The Balaban J connectivity index is 2.24. The molecular weight excluding hydrogens is 188 g/mol. The van der Waals surface area contributed by atoms with Gasteiger partial charge in [0, 0.05) is 13.0 Å². The highest BCUT2D eigenvalue weighted by Crippen LogP contribution is 2.08. The van der Waals surface area contributed by atoms with Crippen molar-refractivity contribution >= 4 is 5.95 Å². The molecule has 0 saturated heterocycles. The van der Waals surface area contributed by atoms with Crippen molar-refractivity contribution in [2.45, 2.75) is 19.9 Å². The Bertz CT molecular complexity index is 433. The molecule has 2 N–H and O–H groups in total. The molecule has 0 atom stereocenters. The first-order valence-electron chi connectivity index (χ1n) is 5.02. The summed E-state index contributed by atoms with van der Waals surface area (Å²) >= 11 is 0. The molecule has 0 radical (unpaired) electrons. The van der Waals surface area contributed by atoms with Gasteiger partial charge in [0.15, 0.2) is 0 Å². The van der Waals surface area contributed by atoms with Crippen LogP contribution in [-0.2, 0) is 13.0 Å². The number of nitrogen functional groups attached to an aromatic ring is 1. The van der Waals surface area contributed by atoms with E-state index in [1.807, 2.05) is 29.8 Å². The van der Waals surface area contributed by atoms with Crippen molar-refractivity contribution in [3.05, 3.63) is 41.7 Å². The van der Waals surface area contributed by atoms with E-state index in [9.17, 15) is 0 Å². The Morgan fingerprint density at radius 3 is 2.67 bits per heavy atom. The zero-order valence-electron chi connectivity index (χ0n) is 8.72. The highest BCUT2D eigenvalue weighted by atomic mass is 15.4. The van der Waals surface area contributed by atoms with Crippen LogP contribution < -0.4 is 5.73 Å². The van der Waals surface area contributed by atoms with Crippen LogP contribution in [0.1, 0.15) is 18.3 Å². The van der Waals surface area contributed by atoms with Crippen molar-refractivity contribution in [1.29, 1.82) is 0 Å². The van der Waals surface area contributed by atoms with E-state index < -0.39 is 0 Å². The molecule has 0 fully saturated rings. The Kier molecular flexibility index (Phi) is 2.67. The van der Waals surface area contributed by atoms with Crippen LogP contribution in [0, 0.1) is 0 Å². The SMILES string of the molecule is CCn1nc(N)nc1Cc1ccccc1. The lowest BCUT2D eigenvalue weighted by Crippen LogP contribution is -2.04. The Hall–Kier alpha value is -1.84. The van der Waals surface area contributed by atoms with Crippen molar-refractivity contribution in [3.63, 3.8) is 0 Å². The van der Waals surface area contributed by atoms with Gasteiger partial charge < -0.3 is 5.73 Å². The summed E-state index contributed by atoms with van der Waals surface area (Å²) in [6.45, 7) is 2.83. The lowest BCUT2D eigenvalue weighted by molar-refractivity contribution is 0.626. The third kappa shape index (κ3) is 2.15. The summed E-state index contributed by atoms with van der Waals surface area (Å²) in [5.74, 6) is 1.27. The van der Waals surface area contributed by atoms with E-state index in [2.05, 4.69) is 22.2 Å². The van der Waals surface area contributed by atoms with Gasteiger partial charge in [0.25, 0.3) is 0 Å². The zero-order valence-corrected chi connectivity index (χ0v) is 8.72. The first-order chi connectivity index (χ1) is 7.29. The first kappa shape index (κ1) is 9.71. The summed E-state index contributed by atoms with van der Waals surface area (Å²) in [5, 5.41) is 4.11. The minimum Gasteiger partial charge on any atom is -0.366 e. The molecule has 0 aliphatic rings. The van der Waals surface area contributed by atoms with Crippen LogP contribution in [-0.4, -0.2) is 14.8 Å². The van der Waals surface area contributed by atoms with E-state index in [1.165, 1.54) is 5.56 Å². The first-order valence-corrected chi connectivity index (χ1v) is 5.02. The average Bonchev–Trinajstić information content (AvgIpc) is 2.60. The Morgan fingerprint density at radius 2 is 2.00 bits per heavy atom. The van der Waals surface area contributed by atoms with Crippen molar-refractivity contribution < 1.29 is 0 Å². The normalized spacial score (nSPS) is 10.5. The summed E-state index contributed by atoms with van der Waals surface area (Å²) in [6, 6.07) is 10.2. The lowest BCUT2D eigenvalue weighted by atomic mass is 10.1. The molecule has 1 aromatic heterocycles. The number of aryl methyl sites for hydroxylation is 1. The predicted molar refractivity (Wildman–Crippen MR) is 59.4 cm³/mol. The smallest absolute Gasteiger partial charge is 0.239 e. The number of hydrogen-bond acceptors (Lipinski definition) is 3. The number of aromatic nitrogens is 3. The average molecular weight is 202 g/mol. The van der Waals surface area contributed by atoms with Crippen molar-refractivity contribution in [3.8, 4) is 0 Å². The summed E-state index contributed by atoms with van der Waals surface area (Å²) < 4.78 is 1.84. The molecule has 1 aromatic carbocycles. The second-order valence-corrected chi connectivity index (χ2v) is 3.36. The minimum atomic E-state index is 0.350. The van der Waals surface area contributed by atoms with Crippen molar-refractivity contribution in [2.75, 3.05) is 5.73 Å². The monoisotopic (exact) mass is 202 g/mol. The molecule has 1 heterocycles. The highest BCUT2D eigenvalue weighted by Gasteiger charge is 2.06. The largest absolute Gasteiger partial charge is 0.366 e. The molecular formula is C11H14N4. The molecule has 0 bridgehead atoms. The predicted octanol–water partition coefficient (Wildman–Crippen LogP) is 1.47. The van der Waals surface area contributed by atoms with E-state index >= 15 is 0 Å². The Morgan fingerprint density at radius 1 is 1.27 bits per heavy atom. The number of nitrogens with two attached hydrogens (primary N) is 1. The molecule has 0 amide bonds. The van der Waals surface area contributed by atoms with Crippen LogP contribution in [0.5, 0.6) is 0 Å². The van der Waals surface area contributed by atoms with Crippen LogP contribution in [0.25, 0.3) is 0 Å². The summed E-state index contributed by atoms with van der Waals surface area (Å²) in [7, 11) is 0. The van der Waals surface area contributed by atoms with Crippen molar-refractivity contribution in [1.82, 2.24) is 14.8 Å². The molecule has 4 heteroatoms. The summed E-state index contributed by atoms with van der Waals surface area (Å²) in [5.41, 5.74) is 6.79. The van der Waals surface area contributed by atoms with E-state index in [1.54, 1.807) is 0 Å². The van der Waals surface area contributed by atoms with Gasteiger partial charge in [-0.2, -0.15) is 4.98 Å². The molecule has 2 aromatic rings. The maximum Gasteiger partial charge on any atom is 0.239 e. The second-order valence-electron chi connectivity index (χ2n) is 3.36. The number of hydrogen-bond donors (Lipinski definition) is 1. The number of anilines is 1. The molecule has 2 rings (SSSR count). The quantitative estimate of drug-likeness (QED) is 0.820. The second kappa shape index (κ2) is 4.13. The van der Waals surface area contributed by atoms with Gasteiger partial charge in [-0.05, 0) is 12.5 Å². The third-order valence-electron chi connectivity index (χ3n) is 2.27. The van der Waals surface area contributed by atoms with Crippen LogP contribution in [0.2, 0.25) is 0 Å². The number of benzene rings is 1. The number of rotatable bonds is 3. The topological polar surface area (TPSA) is 56.7 Å². The van der Waals surface area contributed by atoms with Crippen LogP contribution in [0.3, 0.4) is 0 Å². The number of nitrogens with zero attached hydrogens (tertiary/aromatic N) is 3. The molecule has 0 unspecified atom stereocenters. The fourth-order valence-corrected chi connectivity index (χ4v) is 1.56. The van der Waals surface area contributed by atoms with Gasteiger partial charge in [-0.15, -0.1) is 5.10 Å². The van der Waals surface area contributed by atoms with Crippen LogP contribution in [0.4, 0.5) is 5.95 Å². The van der Waals surface area contributed by atoms with Crippen molar-refractivity contribution in [2.24, 2.45) is 0 Å². The van der Waals surface area contributed by atoms with Gasteiger partial charge in [-0.3, -0.25) is 0 Å². The minimum absolute atomic E-state index is 0.350. The molecule has 0 aliphatic heterocycles. The van der Waals surface area contributed by atoms with Crippen LogP contribution in [0.15, 0.2) is 30.3 Å². The maximum atomic E-state index is 5.57. The lowest BCUT2D eigenvalue weighted by Gasteiger charge is -2.01. The fraction of sp³-hybridized carbons (Fsp3) is 0.273. The van der Waals surface area contributed by atoms with Gasteiger partial charge in [0.2, 0.25) is 5.95 Å². The molecule has 0 saturated carbocycles. The van der Waals surface area contributed by atoms with E-state index in [0.717, 1.165) is 18.8 Å². The highest BCUT2D eigenvalue weighted by molar-refractivity contribution is 5.22. The van der Waals surface area contributed by atoms with E-state index in [4.69, 9.17) is 5.73 Å². The van der Waals surface area contributed by atoms with E-state index in [-0.39, 0.29) is 0 Å². The third-order valence-corrected chi connectivity index (χ3v) is 2.27. The van der Waals surface area contributed by atoms with Gasteiger partial charge in [-0.1, -0.05) is 30.3 Å². The molecule has 4 nitrogen and oxygen atoms in total. The van der Waals surface area contributed by atoms with Gasteiger partial charge in [0.1, 0.15) is 5.82 Å². The standard InChI is InChI=1S/C11H14N4/c1-2-15-10(13-11(12)14-15)8-9-6-4-3-5-7-9/h3-7H,2,8H2,1H3,(H2,12,14). The zero-order chi connectivity index (χ0) is 10.7. The van der Waals surface area contributed by atoms with Gasteiger partial charge in [0.05, 0.1) is 0 Å². The van der Waals surface area contributed by atoms with Gasteiger partial charge >= 0.3 is 0 Å². The molecule has 0 spiro atoms. The van der Waals surface area contributed by atoms with E-state index in [0.29, 0.717) is 5.95 Å². The molecule has 0 aliphatic carbocycles. The van der Waals surface area contributed by atoms with Gasteiger partial charge in [-0.25, -0.2) is 4.68 Å².